The molecule has 3 aromatic carbocycles. The molecule has 0 aliphatic carbocycles. The first-order chi connectivity index (χ1) is 18.8. The van der Waals surface area contributed by atoms with Gasteiger partial charge in [0.1, 0.15) is 6.04 Å². The molecule has 39 heavy (non-hydrogen) atoms. The van der Waals surface area contributed by atoms with E-state index in [1.54, 1.807) is 36.7 Å². The van der Waals surface area contributed by atoms with Gasteiger partial charge in [-0.15, -0.1) is 0 Å². The Bertz CT molecular complexity index is 1440. The molecule has 7 heteroatoms. The minimum absolute atomic E-state index is 0.146. The van der Waals surface area contributed by atoms with Crippen LogP contribution in [0.2, 0.25) is 0 Å². The third kappa shape index (κ3) is 6.64. The predicted molar refractivity (Wildman–Crippen MR) is 152 cm³/mol. The van der Waals surface area contributed by atoms with Crippen LogP contribution in [0.15, 0.2) is 122 Å². The zero-order valence-electron chi connectivity index (χ0n) is 21.9. The van der Waals surface area contributed by atoms with Gasteiger partial charge in [0.15, 0.2) is 0 Å². The third-order valence-corrected chi connectivity index (χ3v) is 6.22. The number of carbonyl (C=O) groups excluding carboxylic acids is 3. The Morgan fingerprint density at radius 1 is 0.795 bits per heavy atom. The van der Waals surface area contributed by atoms with Gasteiger partial charge in [-0.05, 0) is 41.8 Å². The zero-order chi connectivity index (χ0) is 27.8. The Hall–Kier alpha value is -5.04. The minimum atomic E-state index is -1.09. The van der Waals surface area contributed by atoms with Crippen molar-refractivity contribution in [2.75, 3.05) is 4.90 Å². The summed E-state index contributed by atoms with van der Waals surface area (Å²) >= 11 is 0. The Labute approximate surface area is 228 Å². The van der Waals surface area contributed by atoms with E-state index in [4.69, 9.17) is 0 Å². The molecule has 1 unspecified atom stereocenters. The summed E-state index contributed by atoms with van der Waals surface area (Å²) in [5.41, 5.74) is 3.71. The summed E-state index contributed by atoms with van der Waals surface area (Å²) in [6, 6.07) is 28.7. The maximum absolute atomic E-state index is 13.9. The van der Waals surface area contributed by atoms with Crippen molar-refractivity contribution in [3.8, 4) is 11.1 Å². The quantitative estimate of drug-likeness (QED) is 0.292. The number of rotatable bonds is 9. The molecule has 1 heterocycles. The molecule has 0 saturated heterocycles. The normalized spacial score (nSPS) is 12.1. The topological polar surface area (TPSA) is 91.4 Å². The van der Waals surface area contributed by atoms with Crippen molar-refractivity contribution in [2.24, 2.45) is 0 Å². The fraction of sp³-hybridized carbons (Fsp3) is 0.125. The highest BCUT2D eigenvalue weighted by atomic mass is 16.2. The molecular formula is C32H30N4O3. The van der Waals surface area contributed by atoms with Crippen LogP contribution in [0.1, 0.15) is 37.1 Å². The van der Waals surface area contributed by atoms with E-state index in [0.717, 1.165) is 16.7 Å². The maximum Gasteiger partial charge on any atom is 0.275 e. The van der Waals surface area contributed by atoms with Crippen LogP contribution in [-0.2, 0) is 14.4 Å². The van der Waals surface area contributed by atoms with E-state index in [-0.39, 0.29) is 11.7 Å². The minimum Gasteiger partial charge on any atom is -0.347 e. The predicted octanol–water partition coefficient (Wildman–Crippen LogP) is 5.35. The standard InChI is InChI=1S/C32H30N4O3/c1-22(25-11-6-4-7-12-25)35-31(38)30(28-15-10-20-33-21-28)36(32(39)23(2)34-24(3)37)29-18-16-27(17-19-29)26-13-8-5-9-14-26/h4-22,30H,2H2,1,3H3,(H,34,37)(H,35,38)/t22-,30?/m0/s1. The van der Waals surface area contributed by atoms with Crippen LogP contribution in [0.5, 0.6) is 0 Å². The van der Waals surface area contributed by atoms with Gasteiger partial charge in [-0.1, -0.05) is 85.4 Å². The highest BCUT2D eigenvalue weighted by molar-refractivity contribution is 6.10. The second-order valence-corrected chi connectivity index (χ2v) is 9.08. The SMILES string of the molecule is C=C(NC(C)=O)C(=O)N(c1ccc(-c2ccccc2)cc1)C(C(=O)N[C@@H](C)c1ccccc1)c1cccnc1. The first-order valence-corrected chi connectivity index (χ1v) is 12.6. The largest absolute Gasteiger partial charge is 0.347 e. The zero-order valence-corrected chi connectivity index (χ0v) is 21.9. The van der Waals surface area contributed by atoms with Crippen LogP contribution in [0.3, 0.4) is 0 Å². The van der Waals surface area contributed by atoms with Crippen molar-refractivity contribution in [2.45, 2.75) is 25.9 Å². The molecule has 7 nitrogen and oxygen atoms in total. The molecule has 3 amide bonds. The highest BCUT2D eigenvalue weighted by Gasteiger charge is 2.35. The lowest BCUT2D eigenvalue weighted by Crippen LogP contribution is -2.46. The summed E-state index contributed by atoms with van der Waals surface area (Å²) in [6.45, 7) is 6.96. The number of amides is 3. The smallest absolute Gasteiger partial charge is 0.275 e. The summed E-state index contributed by atoms with van der Waals surface area (Å²) in [5.74, 6) is -1.46. The molecule has 0 saturated carbocycles. The fourth-order valence-corrected chi connectivity index (χ4v) is 4.31. The van der Waals surface area contributed by atoms with Crippen molar-refractivity contribution in [1.29, 1.82) is 0 Å². The molecule has 2 atom stereocenters. The van der Waals surface area contributed by atoms with E-state index in [0.29, 0.717) is 11.3 Å². The van der Waals surface area contributed by atoms with Gasteiger partial charge in [0.25, 0.3) is 5.91 Å². The number of hydrogen-bond donors (Lipinski definition) is 2. The number of benzene rings is 3. The number of nitrogens with one attached hydrogen (secondary N) is 2. The second kappa shape index (κ2) is 12.5. The van der Waals surface area contributed by atoms with Crippen molar-refractivity contribution in [3.63, 3.8) is 0 Å². The lowest BCUT2D eigenvalue weighted by atomic mass is 10.0. The van der Waals surface area contributed by atoms with Gasteiger partial charge in [-0.2, -0.15) is 0 Å². The van der Waals surface area contributed by atoms with E-state index in [9.17, 15) is 14.4 Å². The average molecular weight is 519 g/mol. The Morgan fingerprint density at radius 3 is 1.97 bits per heavy atom. The summed E-state index contributed by atoms with van der Waals surface area (Å²) in [6.07, 6.45) is 3.15. The summed E-state index contributed by atoms with van der Waals surface area (Å²) in [4.78, 5) is 45.1. The van der Waals surface area contributed by atoms with Crippen LogP contribution < -0.4 is 15.5 Å². The number of pyridine rings is 1. The fourth-order valence-electron chi connectivity index (χ4n) is 4.31. The van der Waals surface area contributed by atoms with Gasteiger partial charge >= 0.3 is 0 Å². The first-order valence-electron chi connectivity index (χ1n) is 12.6. The second-order valence-electron chi connectivity index (χ2n) is 9.08. The van der Waals surface area contributed by atoms with Crippen LogP contribution in [0.4, 0.5) is 5.69 Å². The van der Waals surface area contributed by atoms with Gasteiger partial charge in [-0.25, -0.2) is 0 Å². The Kier molecular flexibility index (Phi) is 8.64. The monoisotopic (exact) mass is 518 g/mol. The Balaban J connectivity index is 1.77. The summed E-state index contributed by atoms with van der Waals surface area (Å²) < 4.78 is 0. The van der Waals surface area contributed by atoms with Gasteiger partial charge in [0.05, 0.1) is 11.7 Å². The lowest BCUT2D eigenvalue weighted by Gasteiger charge is -2.32. The van der Waals surface area contributed by atoms with Crippen LogP contribution in [0, 0.1) is 0 Å². The number of anilines is 1. The molecule has 0 fully saturated rings. The lowest BCUT2D eigenvalue weighted by molar-refractivity contribution is -0.126. The Morgan fingerprint density at radius 2 is 1.38 bits per heavy atom. The van der Waals surface area contributed by atoms with E-state index < -0.39 is 23.8 Å². The molecule has 4 rings (SSSR count). The van der Waals surface area contributed by atoms with Crippen LogP contribution in [-0.4, -0.2) is 22.7 Å². The van der Waals surface area contributed by atoms with Gasteiger partial charge in [0.2, 0.25) is 11.8 Å². The molecule has 196 valence electrons. The molecule has 0 radical (unpaired) electrons. The molecule has 0 spiro atoms. The number of carbonyl (C=O) groups is 3. The van der Waals surface area contributed by atoms with E-state index in [1.165, 1.54) is 11.8 Å². The maximum atomic E-state index is 13.9. The molecule has 0 bridgehead atoms. The van der Waals surface area contributed by atoms with Gasteiger partial charge in [0, 0.05) is 30.6 Å². The van der Waals surface area contributed by atoms with Gasteiger partial charge < -0.3 is 10.6 Å². The van der Waals surface area contributed by atoms with Gasteiger partial charge in [-0.3, -0.25) is 24.3 Å². The van der Waals surface area contributed by atoms with Crippen molar-refractivity contribution in [1.82, 2.24) is 15.6 Å². The van der Waals surface area contributed by atoms with Crippen LogP contribution >= 0.6 is 0 Å². The first kappa shape index (κ1) is 27.0. The van der Waals surface area contributed by atoms with E-state index in [1.807, 2.05) is 79.7 Å². The number of nitrogens with zero attached hydrogens (tertiary/aromatic N) is 2. The van der Waals surface area contributed by atoms with Crippen molar-refractivity contribution >= 4 is 23.4 Å². The number of hydrogen-bond acceptors (Lipinski definition) is 4. The van der Waals surface area contributed by atoms with Crippen molar-refractivity contribution < 1.29 is 14.4 Å². The average Bonchev–Trinajstić information content (AvgIpc) is 2.96. The highest BCUT2D eigenvalue weighted by Crippen LogP contribution is 2.31. The van der Waals surface area contributed by atoms with E-state index >= 15 is 0 Å². The third-order valence-electron chi connectivity index (χ3n) is 6.22. The van der Waals surface area contributed by atoms with E-state index in [2.05, 4.69) is 22.2 Å². The van der Waals surface area contributed by atoms with Crippen molar-refractivity contribution in [3.05, 3.63) is 133 Å². The summed E-state index contributed by atoms with van der Waals surface area (Å²) in [5, 5.41) is 5.51. The number of aromatic nitrogens is 1. The van der Waals surface area contributed by atoms with Crippen LogP contribution in [0.25, 0.3) is 11.1 Å². The molecule has 4 aromatic rings. The molecule has 0 aliphatic heterocycles. The molecule has 1 aromatic heterocycles. The summed E-state index contributed by atoms with van der Waals surface area (Å²) in [7, 11) is 0. The molecule has 2 N–H and O–H groups in total. The molecule has 0 aliphatic rings. The molecular weight excluding hydrogens is 488 g/mol.